The molecule has 0 aliphatic carbocycles. The molecule has 4 heteroatoms. The molecule has 88 valence electrons. The van der Waals surface area contributed by atoms with Crippen molar-refractivity contribution >= 4 is 23.2 Å². The van der Waals surface area contributed by atoms with Gasteiger partial charge >= 0.3 is 0 Å². The van der Waals surface area contributed by atoms with E-state index < -0.39 is 0 Å². The number of likely N-dealkylation sites (tertiary alicyclic amines) is 1. The molecule has 1 aliphatic heterocycles. The highest BCUT2D eigenvalue weighted by Crippen LogP contribution is 2.26. The van der Waals surface area contributed by atoms with Gasteiger partial charge in [-0.2, -0.15) is 0 Å². The fourth-order valence-corrected chi connectivity index (χ4v) is 2.70. The van der Waals surface area contributed by atoms with Gasteiger partial charge in [-0.1, -0.05) is 30.1 Å². The van der Waals surface area contributed by atoms with E-state index >= 15 is 0 Å². The Hall–Kier alpha value is -0.310. The van der Waals surface area contributed by atoms with Gasteiger partial charge in [-0.25, -0.2) is 4.98 Å². The Balaban J connectivity index is 2.11. The van der Waals surface area contributed by atoms with E-state index in [4.69, 9.17) is 23.2 Å². The van der Waals surface area contributed by atoms with Crippen molar-refractivity contribution in [2.75, 3.05) is 6.54 Å². The van der Waals surface area contributed by atoms with Gasteiger partial charge in [-0.05, 0) is 31.4 Å². The van der Waals surface area contributed by atoms with E-state index in [2.05, 4.69) is 23.7 Å². The standard InChI is InChI=1S/C12H16Cl2N2/c1-8-5-9(2)16(6-8)7-11-10(13)3-4-12(14)15-11/h3-4,8-9H,5-7H2,1-2H3. The monoisotopic (exact) mass is 258 g/mol. The van der Waals surface area contributed by atoms with Crippen LogP contribution in [0.25, 0.3) is 0 Å². The van der Waals surface area contributed by atoms with Crippen LogP contribution in [-0.4, -0.2) is 22.5 Å². The molecule has 2 atom stereocenters. The summed E-state index contributed by atoms with van der Waals surface area (Å²) in [7, 11) is 0. The van der Waals surface area contributed by atoms with E-state index in [1.165, 1.54) is 6.42 Å². The largest absolute Gasteiger partial charge is 0.295 e. The van der Waals surface area contributed by atoms with Gasteiger partial charge in [0.15, 0.2) is 0 Å². The Labute approximate surface area is 107 Å². The first-order valence-electron chi connectivity index (χ1n) is 5.61. The van der Waals surface area contributed by atoms with Crippen LogP contribution in [-0.2, 0) is 6.54 Å². The lowest BCUT2D eigenvalue weighted by Gasteiger charge is -2.20. The Kier molecular flexibility index (Phi) is 3.73. The first-order valence-corrected chi connectivity index (χ1v) is 6.37. The minimum atomic E-state index is 0.513. The summed E-state index contributed by atoms with van der Waals surface area (Å²) < 4.78 is 0. The van der Waals surface area contributed by atoms with Crippen LogP contribution in [0.1, 0.15) is 26.0 Å². The van der Waals surface area contributed by atoms with Gasteiger partial charge in [0.2, 0.25) is 0 Å². The number of rotatable bonds is 2. The van der Waals surface area contributed by atoms with Crippen LogP contribution in [0.4, 0.5) is 0 Å². The van der Waals surface area contributed by atoms with Crippen molar-refractivity contribution in [1.29, 1.82) is 0 Å². The van der Waals surface area contributed by atoms with Gasteiger partial charge in [-0.15, -0.1) is 0 Å². The fraction of sp³-hybridized carbons (Fsp3) is 0.583. The molecule has 0 N–H and O–H groups in total. The number of aromatic nitrogens is 1. The van der Waals surface area contributed by atoms with Crippen LogP contribution in [0, 0.1) is 5.92 Å². The second-order valence-electron chi connectivity index (χ2n) is 4.68. The van der Waals surface area contributed by atoms with Crippen molar-refractivity contribution in [2.45, 2.75) is 32.9 Å². The predicted octanol–water partition coefficient (Wildman–Crippen LogP) is 3.62. The average Bonchev–Trinajstić information content (AvgIpc) is 2.51. The van der Waals surface area contributed by atoms with Crippen molar-refractivity contribution in [3.8, 4) is 0 Å². The molecule has 16 heavy (non-hydrogen) atoms. The summed E-state index contributed by atoms with van der Waals surface area (Å²) in [4.78, 5) is 6.70. The lowest BCUT2D eigenvalue weighted by atomic mass is 10.1. The fourth-order valence-electron chi connectivity index (χ4n) is 2.37. The molecule has 2 nitrogen and oxygen atoms in total. The third-order valence-corrected chi connectivity index (χ3v) is 3.71. The maximum Gasteiger partial charge on any atom is 0.129 e. The van der Waals surface area contributed by atoms with Crippen molar-refractivity contribution < 1.29 is 0 Å². The number of pyridine rings is 1. The molecule has 1 saturated heterocycles. The zero-order chi connectivity index (χ0) is 11.7. The van der Waals surface area contributed by atoms with E-state index in [9.17, 15) is 0 Å². The summed E-state index contributed by atoms with van der Waals surface area (Å²) >= 11 is 12.0. The topological polar surface area (TPSA) is 16.1 Å². The predicted molar refractivity (Wildman–Crippen MR) is 67.9 cm³/mol. The van der Waals surface area contributed by atoms with Crippen LogP contribution in [0.2, 0.25) is 10.2 Å². The molecule has 1 aromatic rings. The van der Waals surface area contributed by atoms with E-state index in [1.807, 2.05) is 6.07 Å². The SMILES string of the molecule is CC1CC(C)N(Cc2nc(Cl)ccc2Cl)C1. The molecule has 2 unspecified atom stereocenters. The van der Waals surface area contributed by atoms with Crippen LogP contribution in [0.3, 0.4) is 0 Å². The number of hydrogen-bond acceptors (Lipinski definition) is 2. The van der Waals surface area contributed by atoms with Gasteiger partial charge in [0.1, 0.15) is 5.15 Å². The second kappa shape index (κ2) is 4.91. The molecule has 0 spiro atoms. The van der Waals surface area contributed by atoms with Crippen LogP contribution < -0.4 is 0 Å². The van der Waals surface area contributed by atoms with Crippen molar-refractivity contribution in [3.05, 3.63) is 28.0 Å². The molecular weight excluding hydrogens is 243 g/mol. The molecule has 2 heterocycles. The molecule has 0 aromatic carbocycles. The first-order chi connectivity index (χ1) is 7.56. The normalized spacial score (nSPS) is 26.2. The number of nitrogens with zero attached hydrogens (tertiary/aromatic N) is 2. The molecule has 0 saturated carbocycles. The third kappa shape index (κ3) is 2.68. The smallest absolute Gasteiger partial charge is 0.129 e. The maximum atomic E-state index is 6.11. The van der Waals surface area contributed by atoms with E-state index in [0.29, 0.717) is 16.2 Å². The lowest BCUT2D eigenvalue weighted by Crippen LogP contribution is -2.27. The van der Waals surface area contributed by atoms with Gasteiger partial charge in [0.05, 0.1) is 10.7 Å². The quantitative estimate of drug-likeness (QED) is 0.754. The highest BCUT2D eigenvalue weighted by molar-refractivity contribution is 6.32. The van der Waals surface area contributed by atoms with E-state index in [1.54, 1.807) is 6.07 Å². The summed E-state index contributed by atoms with van der Waals surface area (Å²) in [5, 5.41) is 1.22. The highest BCUT2D eigenvalue weighted by atomic mass is 35.5. The number of hydrogen-bond donors (Lipinski definition) is 0. The van der Waals surface area contributed by atoms with E-state index in [0.717, 1.165) is 24.7 Å². The lowest BCUT2D eigenvalue weighted by molar-refractivity contribution is 0.253. The highest BCUT2D eigenvalue weighted by Gasteiger charge is 2.26. The average molecular weight is 259 g/mol. The van der Waals surface area contributed by atoms with Crippen molar-refractivity contribution in [2.24, 2.45) is 5.92 Å². The molecular formula is C12H16Cl2N2. The van der Waals surface area contributed by atoms with Gasteiger partial charge in [0.25, 0.3) is 0 Å². The van der Waals surface area contributed by atoms with E-state index in [-0.39, 0.29) is 0 Å². The summed E-state index contributed by atoms with van der Waals surface area (Å²) in [5.41, 5.74) is 0.884. The van der Waals surface area contributed by atoms with Crippen LogP contribution in [0.5, 0.6) is 0 Å². The summed E-state index contributed by atoms with van der Waals surface area (Å²) in [6.07, 6.45) is 1.25. The minimum absolute atomic E-state index is 0.513. The Morgan fingerprint density at radius 2 is 2.12 bits per heavy atom. The Morgan fingerprint density at radius 3 is 2.75 bits per heavy atom. The zero-order valence-corrected chi connectivity index (χ0v) is 11.1. The molecule has 2 rings (SSSR count). The second-order valence-corrected chi connectivity index (χ2v) is 5.48. The minimum Gasteiger partial charge on any atom is -0.295 e. The number of halogens is 2. The van der Waals surface area contributed by atoms with Gasteiger partial charge in [0, 0.05) is 19.1 Å². The molecule has 0 radical (unpaired) electrons. The van der Waals surface area contributed by atoms with Crippen molar-refractivity contribution in [3.63, 3.8) is 0 Å². The summed E-state index contributed by atoms with van der Waals surface area (Å²) in [6, 6.07) is 4.15. The molecule has 1 fully saturated rings. The first kappa shape index (κ1) is 12.2. The van der Waals surface area contributed by atoms with Gasteiger partial charge < -0.3 is 0 Å². The summed E-state index contributed by atoms with van der Waals surface area (Å²) in [6.45, 7) is 6.45. The maximum absolute atomic E-state index is 6.11. The third-order valence-electron chi connectivity index (χ3n) is 3.15. The molecule has 1 aliphatic rings. The molecule has 0 amide bonds. The van der Waals surface area contributed by atoms with Gasteiger partial charge in [-0.3, -0.25) is 4.90 Å². The Bertz CT molecular complexity index is 381. The van der Waals surface area contributed by atoms with Crippen LogP contribution >= 0.6 is 23.2 Å². The summed E-state index contributed by atoms with van der Waals surface area (Å²) in [5.74, 6) is 0.757. The molecule has 0 bridgehead atoms. The van der Waals surface area contributed by atoms with Crippen LogP contribution in [0.15, 0.2) is 12.1 Å². The Morgan fingerprint density at radius 1 is 1.38 bits per heavy atom. The van der Waals surface area contributed by atoms with Crippen molar-refractivity contribution in [1.82, 2.24) is 9.88 Å². The zero-order valence-electron chi connectivity index (χ0n) is 9.58. The molecule has 1 aromatic heterocycles.